The summed E-state index contributed by atoms with van der Waals surface area (Å²) in [6.45, 7) is 2.37. The van der Waals surface area contributed by atoms with E-state index in [9.17, 15) is 22.0 Å². The zero-order valence-electron chi connectivity index (χ0n) is 16.9. The summed E-state index contributed by atoms with van der Waals surface area (Å²) in [7, 11) is 0. The van der Waals surface area contributed by atoms with Gasteiger partial charge in [0.05, 0.1) is 24.3 Å². The zero-order chi connectivity index (χ0) is 22.5. The Morgan fingerprint density at radius 1 is 0.969 bits per heavy atom. The number of fused-ring (bicyclic) bond motifs is 2. The van der Waals surface area contributed by atoms with Crippen molar-refractivity contribution in [3.63, 3.8) is 0 Å². The molecule has 0 spiro atoms. The molecule has 0 aromatic carbocycles. The van der Waals surface area contributed by atoms with Gasteiger partial charge < -0.3 is 9.80 Å². The van der Waals surface area contributed by atoms with Crippen LogP contribution in [0.2, 0.25) is 0 Å². The molecule has 5 rings (SSSR count). The molecule has 2 aliphatic heterocycles. The van der Waals surface area contributed by atoms with Gasteiger partial charge in [0.25, 0.3) is 6.43 Å². The number of hydrogen-bond acceptors (Lipinski definition) is 6. The number of anilines is 2. The fourth-order valence-electron chi connectivity index (χ4n) is 4.58. The maximum absolute atomic E-state index is 12.8. The summed E-state index contributed by atoms with van der Waals surface area (Å²) in [6, 6.07) is 2.48. The molecule has 170 valence electrons. The maximum atomic E-state index is 12.8. The standard InChI is InChI=1S/C20H20F5N7/c21-17(22)11-32-19-15(6-28-32)26-7-18(29-19)30-4-3-12-8-31(10-13(12)9-30)14-1-2-16(27-5-14)20(23,24)25/h1-2,5-7,12-13,17H,3-4,8-11H2/t12-,13+/m1/s1. The smallest absolute Gasteiger partial charge is 0.370 e. The van der Waals surface area contributed by atoms with Gasteiger partial charge in [-0.3, -0.25) is 0 Å². The first-order valence-electron chi connectivity index (χ1n) is 10.3. The van der Waals surface area contributed by atoms with Gasteiger partial charge in [0, 0.05) is 26.2 Å². The maximum Gasteiger partial charge on any atom is 0.433 e. The van der Waals surface area contributed by atoms with E-state index in [-0.39, 0.29) is 0 Å². The number of hydrogen-bond donors (Lipinski definition) is 0. The van der Waals surface area contributed by atoms with Crippen LogP contribution >= 0.6 is 0 Å². The molecular weight excluding hydrogens is 433 g/mol. The highest BCUT2D eigenvalue weighted by atomic mass is 19.4. The third-order valence-corrected chi connectivity index (χ3v) is 6.17. The van der Waals surface area contributed by atoms with E-state index in [0.29, 0.717) is 47.6 Å². The number of alkyl halides is 5. The Labute approximate surface area is 179 Å². The largest absolute Gasteiger partial charge is 0.433 e. The average Bonchev–Trinajstić information content (AvgIpc) is 3.36. The Balaban J connectivity index is 1.30. The van der Waals surface area contributed by atoms with E-state index >= 15 is 0 Å². The lowest BCUT2D eigenvalue weighted by molar-refractivity contribution is -0.141. The second-order valence-corrected chi connectivity index (χ2v) is 8.21. The minimum Gasteiger partial charge on any atom is -0.370 e. The van der Waals surface area contributed by atoms with Crippen molar-refractivity contribution in [3.8, 4) is 0 Å². The average molecular weight is 453 g/mol. The number of rotatable bonds is 4. The molecule has 32 heavy (non-hydrogen) atoms. The number of piperidine rings is 1. The van der Waals surface area contributed by atoms with Crippen molar-refractivity contribution in [2.45, 2.75) is 25.6 Å². The Bertz CT molecular complexity index is 1100. The minimum absolute atomic E-state index is 0.300. The zero-order valence-corrected chi connectivity index (χ0v) is 16.9. The molecule has 7 nitrogen and oxygen atoms in total. The molecule has 2 saturated heterocycles. The summed E-state index contributed by atoms with van der Waals surface area (Å²) < 4.78 is 65.1. The molecule has 0 radical (unpaired) electrons. The van der Waals surface area contributed by atoms with Crippen LogP contribution in [-0.2, 0) is 12.7 Å². The van der Waals surface area contributed by atoms with Crippen LogP contribution in [0.5, 0.6) is 0 Å². The van der Waals surface area contributed by atoms with Gasteiger partial charge in [-0.25, -0.2) is 28.4 Å². The Hall–Kier alpha value is -3.05. The summed E-state index contributed by atoms with van der Waals surface area (Å²) in [4.78, 5) is 16.6. The number of nitrogens with zero attached hydrogens (tertiary/aromatic N) is 7. The van der Waals surface area contributed by atoms with Crippen LogP contribution in [0.4, 0.5) is 33.5 Å². The van der Waals surface area contributed by atoms with E-state index in [0.717, 1.165) is 30.3 Å². The SMILES string of the molecule is FC(F)Cn1ncc2ncc(N3CC[C@@H]4CN(c5ccc(C(F)(F)F)nc5)C[C@@H]4C3)nc21. The lowest BCUT2D eigenvalue weighted by Crippen LogP contribution is -2.40. The lowest BCUT2D eigenvalue weighted by atomic mass is 9.89. The topological polar surface area (TPSA) is 63.0 Å². The van der Waals surface area contributed by atoms with Crippen molar-refractivity contribution in [3.05, 3.63) is 36.4 Å². The summed E-state index contributed by atoms with van der Waals surface area (Å²) >= 11 is 0. The molecular formula is C20H20F5N7. The van der Waals surface area contributed by atoms with Crippen LogP contribution in [0.3, 0.4) is 0 Å². The van der Waals surface area contributed by atoms with Crippen molar-refractivity contribution in [1.29, 1.82) is 0 Å². The third-order valence-electron chi connectivity index (χ3n) is 6.17. The normalized spacial score (nSPS) is 21.6. The molecule has 2 aliphatic rings. The van der Waals surface area contributed by atoms with Gasteiger partial charge in [-0.1, -0.05) is 0 Å². The molecule has 3 aromatic rings. The lowest BCUT2D eigenvalue weighted by Gasteiger charge is -2.34. The molecule has 5 heterocycles. The van der Waals surface area contributed by atoms with Crippen LogP contribution in [0.1, 0.15) is 12.1 Å². The molecule has 0 aliphatic carbocycles. The first-order valence-corrected chi connectivity index (χ1v) is 10.3. The first-order chi connectivity index (χ1) is 15.3. The van der Waals surface area contributed by atoms with Crippen molar-refractivity contribution >= 4 is 22.7 Å². The van der Waals surface area contributed by atoms with Gasteiger partial charge in [0.1, 0.15) is 23.6 Å². The van der Waals surface area contributed by atoms with Crippen molar-refractivity contribution in [1.82, 2.24) is 24.7 Å². The number of halogens is 5. The molecule has 0 bridgehead atoms. The van der Waals surface area contributed by atoms with Crippen LogP contribution in [0.15, 0.2) is 30.7 Å². The highest BCUT2D eigenvalue weighted by Gasteiger charge is 2.38. The van der Waals surface area contributed by atoms with Crippen LogP contribution in [0.25, 0.3) is 11.2 Å². The molecule has 0 saturated carbocycles. The van der Waals surface area contributed by atoms with Gasteiger partial charge >= 0.3 is 6.18 Å². The fraction of sp³-hybridized carbons (Fsp3) is 0.500. The monoisotopic (exact) mass is 453 g/mol. The van der Waals surface area contributed by atoms with Crippen LogP contribution < -0.4 is 9.80 Å². The third kappa shape index (κ3) is 3.93. The Kier molecular flexibility index (Phi) is 5.09. The quantitative estimate of drug-likeness (QED) is 0.564. The number of pyridine rings is 1. The Morgan fingerprint density at radius 3 is 2.47 bits per heavy atom. The van der Waals surface area contributed by atoms with Crippen LogP contribution in [0, 0.1) is 11.8 Å². The van der Waals surface area contributed by atoms with Gasteiger partial charge in [-0.2, -0.15) is 18.3 Å². The van der Waals surface area contributed by atoms with E-state index in [4.69, 9.17) is 0 Å². The van der Waals surface area contributed by atoms with Crippen molar-refractivity contribution in [2.75, 3.05) is 36.0 Å². The van der Waals surface area contributed by atoms with Gasteiger partial charge in [0.15, 0.2) is 5.65 Å². The summed E-state index contributed by atoms with van der Waals surface area (Å²) in [5, 5.41) is 3.95. The second-order valence-electron chi connectivity index (χ2n) is 8.21. The molecule has 3 aromatic heterocycles. The first kappa shape index (κ1) is 20.8. The predicted molar refractivity (Wildman–Crippen MR) is 107 cm³/mol. The molecule has 0 amide bonds. The predicted octanol–water partition coefficient (Wildman–Crippen LogP) is 3.47. The highest BCUT2D eigenvalue weighted by molar-refractivity contribution is 5.71. The van der Waals surface area contributed by atoms with E-state index in [1.54, 1.807) is 6.20 Å². The van der Waals surface area contributed by atoms with Gasteiger partial charge in [0.2, 0.25) is 0 Å². The Morgan fingerprint density at radius 2 is 1.75 bits per heavy atom. The fourth-order valence-corrected chi connectivity index (χ4v) is 4.58. The summed E-state index contributed by atoms with van der Waals surface area (Å²) in [6.07, 6.45) is -1.77. The van der Waals surface area contributed by atoms with E-state index in [1.165, 1.54) is 18.5 Å². The number of aromatic nitrogens is 5. The van der Waals surface area contributed by atoms with E-state index < -0.39 is 24.8 Å². The molecule has 2 atom stereocenters. The second kappa shape index (κ2) is 7.82. The van der Waals surface area contributed by atoms with Gasteiger partial charge in [-0.15, -0.1) is 0 Å². The molecule has 12 heteroatoms. The van der Waals surface area contributed by atoms with Gasteiger partial charge in [-0.05, 0) is 30.4 Å². The van der Waals surface area contributed by atoms with E-state index in [1.807, 2.05) is 0 Å². The van der Waals surface area contributed by atoms with E-state index in [2.05, 4.69) is 29.9 Å². The summed E-state index contributed by atoms with van der Waals surface area (Å²) in [5.41, 5.74) is 0.570. The van der Waals surface area contributed by atoms with Crippen molar-refractivity contribution < 1.29 is 22.0 Å². The van der Waals surface area contributed by atoms with Crippen LogP contribution in [-0.4, -0.2) is 57.3 Å². The minimum atomic E-state index is -4.45. The summed E-state index contributed by atoms with van der Waals surface area (Å²) in [5.74, 6) is 1.32. The highest BCUT2D eigenvalue weighted by Crippen LogP contribution is 2.36. The molecule has 0 unspecified atom stereocenters. The molecule has 2 fully saturated rings. The van der Waals surface area contributed by atoms with Crippen molar-refractivity contribution in [2.24, 2.45) is 11.8 Å². The molecule has 0 N–H and O–H groups in total.